The third-order valence-electron chi connectivity index (χ3n) is 4.29. The van der Waals surface area contributed by atoms with Gasteiger partial charge in [0.15, 0.2) is 5.96 Å². The van der Waals surface area contributed by atoms with E-state index >= 15 is 0 Å². The van der Waals surface area contributed by atoms with E-state index in [4.69, 9.17) is 4.74 Å². The van der Waals surface area contributed by atoms with Gasteiger partial charge >= 0.3 is 0 Å². The molecule has 1 aromatic carbocycles. The molecule has 2 aromatic rings. The van der Waals surface area contributed by atoms with E-state index in [-0.39, 0.29) is 29.8 Å². The molecule has 2 N–H and O–H groups in total. The summed E-state index contributed by atoms with van der Waals surface area (Å²) in [5.74, 6) is 0.506. The second-order valence-electron chi connectivity index (χ2n) is 6.10. The number of aryl methyl sites for hydroxylation is 1. The highest BCUT2D eigenvalue weighted by Gasteiger charge is 2.11. The molecule has 6 nitrogen and oxygen atoms in total. The van der Waals surface area contributed by atoms with Crippen LogP contribution in [0.5, 0.6) is 0 Å². The van der Waals surface area contributed by atoms with Crippen LogP contribution in [0.3, 0.4) is 0 Å². The maximum absolute atomic E-state index is 13.2. The Labute approximate surface area is 177 Å². The Bertz CT molecular complexity index is 748. The van der Waals surface area contributed by atoms with Crippen LogP contribution in [-0.4, -0.2) is 43.0 Å². The van der Waals surface area contributed by atoms with Gasteiger partial charge in [0.05, 0.1) is 18.8 Å². The summed E-state index contributed by atoms with van der Waals surface area (Å²) in [6.45, 7) is 6.76. The molecule has 0 unspecified atom stereocenters. The van der Waals surface area contributed by atoms with E-state index in [9.17, 15) is 4.39 Å². The number of hydrogen-bond donors (Lipinski definition) is 2. The standard InChI is InChI=1S/C19H28FN5O.HI/c1-14-18(15(2)25(24-14)10-11-26-4)13-23-19(21-3)22-9-8-16-6-5-7-17(20)12-16;/h5-7,12H,8-11,13H2,1-4H3,(H2,21,22,23);1H. The molecule has 0 atom stereocenters. The molecule has 0 amide bonds. The van der Waals surface area contributed by atoms with E-state index in [1.54, 1.807) is 26.3 Å². The Kier molecular flexibility index (Phi) is 10.3. The van der Waals surface area contributed by atoms with Gasteiger partial charge in [-0.1, -0.05) is 12.1 Å². The predicted molar refractivity (Wildman–Crippen MR) is 117 cm³/mol. The quantitative estimate of drug-likeness (QED) is 0.340. The lowest BCUT2D eigenvalue weighted by atomic mass is 10.1. The minimum Gasteiger partial charge on any atom is -0.383 e. The van der Waals surface area contributed by atoms with Gasteiger partial charge in [0.25, 0.3) is 0 Å². The zero-order chi connectivity index (χ0) is 18.9. The SMILES string of the molecule is CN=C(NCCc1cccc(F)c1)NCc1c(C)nn(CCOC)c1C.I. The highest BCUT2D eigenvalue weighted by molar-refractivity contribution is 14.0. The zero-order valence-corrected chi connectivity index (χ0v) is 18.7. The van der Waals surface area contributed by atoms with Crippen molar-refractivity contribution in [3.05, 3.63) is 52.6 Å². The molecule has 0 radical (unpaired) electrons. The van der Waals surface area contributed by atoms with E-state index < -0.39 is 0 Å². The smallest absolute Gasteiger partial charge is 0.191 e. The minimum atomic E-state index is -0.207. The molecule has 1 heterocycles. The lowest BCUT2D eigenvalue weighted by molar-refractivity contribution is 0.182. The van der Waals surface area contributed by atoms with Gasteiger partial charge in [0.1, 0.15) is 5.82 Å². The van der Waals surface area contributed by atoms with Crippen molar-refractivity contribution in [2.75, 3.05) is 27.3 Å². The number of methoxy groups -OCH3 is 1. The monoisotopic (exact) mass is 489 g/mol. The fourth-order valence-electron chi connectivity index (χ4n) is 2.80. The molecule has 150 valence electrons. The molecule has 2 rings (SSSR count). The first kappa shape index (κ1) is 23.4. The molecule has 0 spiro atoms. The van der Waals surface area contributed by atoms with E-state index in [1.165, 1.54) is 6.07 Å². The first-order valence-electron chi connectivity index (χ1n) is 8.76. The van der Waals surface area contributed by atoms with Crippen LogP contribution in [0.2, 0.25) is 0 Å². The van der Waals surface area contributed by atoms with Crippen LogP contribution in [0.1, 0.15) is 22.5 Å². The van der Waals surface area contributed by atoms with Crippen LogP contribution in [0, 0.1) is 19.7 Å². The topological polar surface area (TPSA) is 63.5 Å². The summed E-state index contributed by atoms with van der Waals surface area (Å²) in [6.07, 6.45) is 0.728. The molecule has 0 saturated carbocycles. The molecule has 1 aromatic heterocycles. The number of nitrogens with zero attached hydrogens (tertiary/aromatic N) is 3. The summed E-state index contributed by atoms with van der Waals surface area (Å²) in [4.78, 5) is 4.24. The number of nitrogens with one attached hydrogen (secondary N) is 2. The van der Waals surface area contributed by atoms with Gasteiger partial charge in [0.2, 0.25) is 0 Å². The van der Waals surface area contributed by atoms with Crippen LogP contribution in [0.15, 0.2) is 29.3 Å². The number of rotatable bonds is 8. The molecule has 0 fully saturated rings. The number of benzene rings is 1. The maximum atomic E-state index is 13.2. The molecule has 0 bridgehead atoms. The summed E-state index contributed by atoms with van der Waals surface area (Å²) in [5.41, 5.74) is 4.25. The van der Waals surface area contributed by atoms with Crippen molar-refractivity contribution >= 4 is 29.9 Å². The van der Waals surface area contributed by atoms with Crippen LogP contribution in [-0.2, 0) is 24.2 Å². The lowest BCUT2D eigenvalue weighted by Crippen LogP contribution is -2.38. The molecule has 0 saturated heterocycles. The van der Waals surface area contributed by atoms with Crippen LogP contribution in [0.25, 0.3) is 0 Å². The van der Waals surface area contributed by atoms with E-state index in [2.05, 4.69) is 27.6 Å². The van der Waals surface area contributed by atoms with Crippen molar-refractivity contribution in [2.24, 2.45) is 4.99 Å². The number of aromatic nitrogens is 2. The van der Waals surface area contributed by atoms with Gasteiger partial charge in [0, 0.05) is 38.5 Å². The van der Waals surface area contributed by atoms with Crippen molar-refractivity contribution in [1.82, 2.24) is 20.4 Å². The maximum Gasteiger partial charge on any atom is 0.191 e. The number of guanidine groups is 1. The summed E-state index contributed by atoms with van der Waals surface area (Å²) in [6, 6.07) is 6.65. The number of ether oxygens (including phenoxy) is 1. The number of halogens is 2. The highest BCUT2D eigenvalue weighted by atomic mass is 127. The summed E-state index contributed by atoms with van der Waals surface area (Å²) in [5, 5.41) is 11.1. The number of hydrogen-bond acceptors (Lipinski definition) is 3. The fraction of sp³-hybridized carbons (Fsp3) is 0.474. The second kappa shape index (κ2) is 11.9. The molecule has 0 aliphatic rings. The average Bonchev–Trinajstić information content (AvgIpc) is 2.89. The summed E-state index contributed by atoms with van der Waals surface area (Å²) < 4.78 is 20.3. The van der Waals surface area contributed by atoms with E-state index in [1.807, 2.05) is 17.7 Å². The summed E-state index contributed by atoms with van der Waals surface area (Å²) >= 11 is 0. The van der Waals surface area contributed by atoms with Crippen molar-refractivity contribution in [2.45, 2.75) is 33.4 Å². The van der Waals surface area contributed by atoms with Crippen molar-refractivity contribution in [3.63, 3.8) is 0 Å². The minimum absolute atomic E-state index is 0. The molecular weight excluding hydrogens is 460 g/mol. The largest absolute Gasteiger partial charge is 0.383 e. The third-order valence-corrected chi connectivity index (χ3v) is 4.29. The molecule has 8 heteroatoms. The highest BCUT2D eigenvalue weighted by Crippen LogP contribution is 2.12. The first-order chi connectivity index (χ1) is 12.5. The van der Waals surface area contributed by atoms with Gasteiger partial charge < -0.3 is 15.4 Å². The van der Waals surface area contributed by atoms with Gasteiger partial charge in [-0.15, -0.1) is 24.0 Å². The van der Waals surface area contributed by atoms with E-state index in [0.717, 1.165) is 35.5 Å². The normalized spacial score (nSPS) is 11.2. The lowest BCUT2D eigenvalue weighted by Gasteiger charge is -2.12. The molecular formula is C19H29FIN5O. The van der Waals surface area contributed by atoms with Crippen molar-refractivity contribution < 1.29 is 9.13 Å². The molecule has 27 heavy (non-hydrogen) atoms. The van der Waals surface area contributed by atoms with Gasteiger partial charge in [-0.3, -0.25) is 9.67 Å². The predicted octanol–water partition coefficient (Wildman–Crippen LogP) is 2.81. The van der Waals surface area contributed by atoms with Gasteiger partial charge in [-0.05, 0) is 38.0 Å². The van der Waals surface area contributed by atoms with Gasteiger partial charge in [-0.25, -0.2) is 4.39 Å². The van der Waals surface area contributed by atoms with Crippen molar-refractivity contribution in [3.8, 4) is 0 Å². The Morgan fingerprint density at radius 3 is 2.74 bits per heavy atom. The Morgan fingerprint density at radius 1 is 1.30 bits per heavy atom. The fourth-order valence-corrected chi connectivity index (χ4v) is 2.80. The second-order valence-corrected chi connectivity index (χ2v) is 6.10. The van der Waals surface area contributed by atoms with Crippen LogP contribution < -0.4 is 10.6 Å². The van der Waals surface area contributed by atoms with Crippen molar-refractivity contribution in [1.29, 1.82) is 0 Å². The Balaban J connectivity index is 0.00000364. The molecule has 0 aliphatic heterocycles. The average molecular weight is 489 g/mol. The Hall–Kier alpha value is -1.68. The molecule has 0 aliphatic carbocycles. The Morgan fingerprint density at radius 2 is 2.07 bits per heavy atom. The zero-order valence-electron chi connectivity index (χ0n) is 16.4. The number of aliphatic imine (C=N–C) groups is 1. The van der Waals surface area contributed by atoms with Gasteiger partial charge in [-0.2, -0.15) is 5.10 Å². The van der Waals surface area contributed by atoms with Crippen LogP contribution >= 0.6 is 24.0 Å². The van der Waals surface area contributed by atoms with E-state index in [0.29, 0.717) is 25.7 Å². The summed E-state index contributed by atoms with van der Waals surface area (Å²) in [7, 11) is 3.42. The first-order valence-corrected chi connectivity index (χ1v) is 8.76. The van der Waals surface area contributed by atoms with Crippen LogP contribution in [0.4, 0.5) is 4.39 Å². The third kappa shape index (κ3) is 7.10.